The number of ether oxygens (including phenoxy) is 1. The molecule has 1 N–H and O–H groups in total. The zero-order chi connectivity index (χ0) is 21.7. The number of pyridine rings is 1. The standard InChI is InChI=1S/C20H20N4O5S/c1-12-15(13(2)29-23-12)11-30-19-14(6-4-8-21-19)20(27)28-10-17(25)22-18(26)16-7-5-9-24(16)3/h4-9H,10-11H2,1-3H3,(H,22,25,26). The van der Waals surface area contributed by atoms with Crippen molar-refractivity contribution in [1.82, 2.24) is 20.0 Å². The van der Waals surface area contributed by atoms with Crippen LogP contribution in [-0.2, 0) is 22.3 Å². The Hall–Kier alpha value is -3.40. The molecule has 3 rings (SSSR count). The number of carbonyl (C=O) groups is 3. The lowest BCUT2D eigenvalue weighted by molar-refractivity contribution is -0.123. The van der Waals surface area contributed by atoms with E-state index in [0.717, 1.165) is 11.3 Å². The summed E-state index contributed by atoms with van der Waals surface area (Å²) >= 11 is 1.34. The molecular formula is C20H20N4O5S. The van der Waals surface area contributed by atoms with Gasteiger partial charge in [-0.1, -0.05) is 5.16 Å². The van der Waals surface area contributed by atoms with Gasteiger partial charge in [-0.15, -0.1) is 11.8 Å². The van der Waals surface area contributed by atoms with Gasteiger partial charge < -0.3 is 13.8 Å². The number of aryl methyl sites for hydroxylation is 3. The number of rotatable bonds is 7. The van der Waals surface area contributed by atoms with Crippen LogP contribution < -0.4 is 5.32 Å². The van der Waals surface area contributed by atoms with Crippen molar-refractivity contribution in [2.75, 3.05) is 6.61 Å². The Morgan fingerprint density at radius 3 is 2.70 bits per heavy atom. The molecule has 0 aliphatic carbocycles. The molecule has 2 amide bonds. The van der Waals surface area contributed by atoms with E-state index in [4.69, 9.17) is 9.26 Å². The van der Waals surface area contributed by atoms with E-state index < -0.39 is 24.4 Å². The predicted molar refractivity (Wildman–Crippen MR) is 108 cm³/mol. The summed E-state index contributed by atoms with van der Waals surface area (Å²) in [5.74, 6) is -0.765. The number of hydrogen-bond donors (Lipinski definition) is 1. The van der Waals surface area contributed by atoms with Crippen LogP contribution in [0.25, 0.3) is 0 Å². The van der Waals surface area contributed by atoms with E-state index in [0.29, 0.717) is 22.2 Å². The molecule has 0 saturated carbocycles. The number of carbonyl (C=O) groups excluding carboxylic acids is 3. The largest absolute Gasteiger partial charge is 0.452 e. The quantitative estimate of drug-likeness (QED) is 0.451. The lowest BCUT2D eigenvalue weighted by atomic mass is 10.2. The van der Waals surface area contributed by atoms with Gasteiger partial charge in [0, 0.05) is 30.8 Å². The van der Waals surface area contributed by atoms with Crippen molar-refractivity contribution >= 4 is 29.5 Å². The van der Waals surface area contributed by atoms with Crippen LogP contribution in [0, 0.1) is 13.8 Å². The molecule has 0 saturated heterocycles. The Labute approximate surface area is 176 Å². The van der Waals surface area contributed by atoms with Crippen molar-refractivity contribution in [3.05, 3.63) is 64.9 Å². The van der Waals surface area contributed by atoms with Crippen LogP contribution in [0.15, 0.2) is 46.2 Å². The molecule has 3 aromatic rings. The van der Waals surface area contributed by atoms with Crippen molar-refractivity contribution in [1.29, 1.82) is 0 Å². The van der Waals surface area contributed by atoms with Gasteiger partial charge in [0.15, 0.2) is 6.61 Å². The zero-order valence-corrected chi connectivity index (χ0v) is 17.5. The maximum atomic E-state index is 12.5. The van der Waals surface area contributed by atoms with Crippen molar-refractivity contribution in [3.8, 4) is 0 Å². The van der Waals surface area contributed by atoms with Gasteiger partial charge in [-0.2, -0.15) is 0 Å². The first-order valence-corrected chi connectivity index (χ1v) is 9.97. The summed E-state index contributed by atoms with van der Waals surface area (Å²) in [4.78, 5) is 40.7. The molecule has 30 heavy (non-hydrogen) atoms. The highest BCUT2D eigenvalue weighted by molar-refractivity contribution is 7.98. The lowest BCUT2D eigenvalue weighted by Crippen LogP contribution is -2.35. The molecule has 0 aliphatic rings. The smallest absolute Gasteiger partial charge is 0.341 e. The van der Waals surface area contributed by atoms with Crippen LogP contribution in [0.2, 0.25) is 0 Å². The van der Waals surface area contributed by atoms with Gasteiger partial charge in [-0.05, 0) is 38.1 Å². The van der Waals surface area contributed by atoms with E-state index in [1.807, 2.05) is 13.8 Å². The molecule has 10 heteroatoms. The van der Waals surface area contributed by atoms with Crippen LogP contribution in [0.5, 0.6) is 0 Å². The van der Waals surface area contributed by atoms with Gasteiger partial charge >= 0.3 is 5.97 Å². The number of thioether (sulfide) groups is 1. The molecule has 9 nitrogen and oxygen atoms in total. The van der Waals surface area contributed by atoms with E-state index in [1.165, 1.54) is 11.8 Å². The number of nitrogens with one attached hydrogen (secondary N) is 1. The molecule has 0 spiro atoms. The van der Waals surface area contributed by atoms with Crippen molar-refractivity contribution < 1.29 is 23.6 Å². The van der Waals surface area contributed by atoms with Gasteiger partial charge in [-0.3, -0.25) is 14.9 Å². The molecule has 0 radical (unpaired) electrons. The molecule has 3 heterocycles. The maximum Gasteiger partial charge on any atom is 0.341 e. The highest BCUT2D eigenvalue weighted by Crippen LogP contribution is 2.27. The highest BCUT2D eigenvalue weighted by Gasteiger charge is 2.19. The average Bonchev–Trinajstić information content (AvgIpc) is 3.30. The minimum absolute atomic E-state index is 0.232. The van der Waals surface area contributed by atoms with Gasteiger partial charge in [-0.25, -0.2) is 9.78 Å². The average molecular weight is 428 g/mol. The fraction of sp³-hybridized carbons (Fsp3) is 0.250. The molecule has 0 fully saturated rings. The number of esters is 1. The number of imide groups is 1. The van der Waals surface area contributed by atoms with E-state index >= 15 is 0 Å². The number of hydrogen-bond acceptors (Lipinski definition) is 8. The van der Waals surface area contributed by atoms with Crippen LogP contribution >= 0.6 is 11.8 Å². The van der Waals surface area contributed by atoms with Crippen LogP contribution in [0.4, 0.5) is 0 Å². The third-order valence-corrected chi connectivity index (χ3v) is 5.32. The van der Waals surface area contributed by atoms with E-state index in [-0.39, 0.29) is 5.56 Å². The first-order valence-electron chi connectivity index (χ1n) is 8.99. The summed E-state index contributed by atoms with van der Waals surface area (Å²) in [7, 11) is 1.68. The SMILES string of the molecule is Cc1noc(C)c1CSc1ncccc1C(=O)OCC(=O)NC(=O)c1cccn1C. The summed E-state index contributed by atoms with van der Waals surface area (Å²) in [6, 6.07) is 6.43. The first kappa shape index (κ1) is 21.3. The second-order valence-electron chi connectivity index (χ2n) is 6.41. The Morgan fingerprint density at radius 2 is 2.03 bits per heavy atom. The molecule has 0 aromatic carbocycles. The molecular weight excluding hydrogens is 408 g/mol. The first-order chi connectivity index (χ1) is 14.4. The molecule has 156 valence electrons. The van der Waals surface area contributed by atoms with Crippen LogP contribution in [-0.4, -0.2) is 39.1 Å². The highest BCUT2D eigenvalue weighted by atomic mass is 32.2. The minimum atomic E-state index is -0.719. The number of nitrogens with zero attached hydrogens (tertiary/aromatic N) is 3. The summed E-state index contributed by atoms with van der Waals surface area (Å²) in [5.41, 5.74) is 2.26. The minimum Gasteiger partial charge on any atom is -0.452 e. The van der Waals surface area contributed by atoms with Crippen molar-refractivity contribution in [3.63, 3.8) is 0 Å². The Bertz CT molecular complexity index is 1070. The summed E-state index contributed by atoms with van der Waals surface area (Å²) in [6.07, 6.45) is 3.25. The van der Waals surface area contributed by atoms with E-state index in [2.05, 4.69) is 15.5 Å². The fourth-order valence-corrected chi connectivity index (χ4v) is 3.78. The lowest BCUT2D eigenvalue weighted by Gasteiger charge is -2.09. The summed E-state index contributed by atoms with van der Waals surface area (Å²) in [5, 5.41) is 6.56. The third kappa shape index (κ3) is 4.95. The number of aromatic nitrogens is 3. The second kappa shape index (κ2) is 9.40. The van der Waals surface area contributed by atoms with E-state index in [1.54, 1.807) is 48.3 Å². The van der Waals surface area contributed by atoms with Crippen LogP contribution in [0.3, 0.4) is 0 Å². The van der Waals surface area contributed by atoms with Crippen LogP contribution in [0.1, 0.15) is 37.9 Å². The zero-order valence-electron chi connectivity index (χ0n) is 16.7. The Morgan fingerprint density at radius 1 is 1.23 bits per heavy atom. The van der Waals surface area contributed by atoms with Gasteiger partial charge in [0.05, 0.1) is 11.3 Å². The molecule has 0 unspecified atom stereocenters. The van der Waals surface area contributed by atoms with Crippen molar-refractivity contribution in [2.24, 2.45) is 7.05 Å². The summed E-state index contributed by atoms with van der Waals surface area (Å²) in [6.45, 7) is 3.08. The van der Waals surface area contributed by atoms with Gasteiger partial charge in [0.25, 0.3) is 11.8 Å². The van der Waals surface area contributed by atoms with E-state index in [9.17, 15) is 14.4 Å². The Kier molecular flexibility index (Phi) is 6.68. The predicted octanol–water partition coefficient (Wildman–Crippen LogP) is 2.43. The third-order valence-electron chi connectivity index (χ3n) is 4.29. The number of amides is 2. The molecule has 0 atom stereocenters. The molecule has 0 bridgehead atoms. The Balaban J connectivity index is 1.58. The summed E-state index contributed by atoms with van der Waals surface area (Å²) < 4.78 is 11.8. The van der Waals surface area contributed by atoms with Gasteiger partial charge in [0.2, 0.25) is 0 Å². The van der Waals surface area contributed by atoms with Crippen molar-refractivity contribution in [2.45, 2.75) is 24.6 Å². The second-order valence-corrected chi connectivity index (χ2v) is 7.37. The topological polar surface area (TPSA) is 116 Å². The maximum absolute atomic E-state index is 12.5. The molecule has 0 aliphatic heterocycles. The monoisotopic (exact) mass is 428 g/mol. The van der Waals surface area contributed by atoms with Gasteiger partial charge in [0.1, 0.15) is 16.5 Å². The normalized spacial score (nSPS) is 10.6. The fourth-order valence-electron chi connectivity index (χ4n) is 2.64. The molecule has 3 aromatic heterocycles.